The number of rotatable bonds is 9. The number of nitrogens with one attached hydrogen (secondary N) is 1. The molecule has 2 heterocycles. The number of hydrogen-bond acceptors (Lipinski definition) is 4. The minimum atomic E-state index is 0.173. The van der Waals surface area contributed by atoms with Gasteiger partial charge in [0.05, 0.1) is 12.6 Å². The molecule has 4 rings (SSSR count). The molecule has 2 fully saturated rings. The molecule has 0 bridgehead atoms. The number of hydrogen-bond donors (Lipinski definition) is 1. The van der Waals surface area contributed by atoms with Crippen LogP contribution < -0.4 is 15.0 Å². The average molecular weight is 408 g/mol. The van der Waals surface area contributed by atoms with Crippen molar-refractivity contribution in [2.45, 2.75) is 51.1 Å². The van der Waals surface area contributed by atoms with Gasteiger partial charge in [0.25, 0.3) is 0 Å². The molecule has 0 spiro atoms. The lowest BCUT2D eigenvalue weighted by atomic mass is 10.2. The minimum absolute atomic E-state index is 0.173. The molecule has 0 radical (unpaired) electrons. The lowest BCUT2D eigenvalue weighted by molar-refractivity contribution is -0.117. The molecule has 2 atom stereocenters. The summed E-state index contributed by atoms with van der Waals surface area (Å²) in [6, 6.07) is 19.0. The van der Waals surface area contributed by atoms with Crippen molar-refractivity contribution in [3.05, 3.63) is 54.6 Å². The molecular weight excluding hydrogens is 374 g/mol. The van der Waals surface area contributed by atoms with Gasteiger partial charge in [0.15, 0.2) is 0 Å². The fraction of sp³-hybridized carbons (Fsp3) is 0.480. The second-order valence-corrected chi connectivity index (χ2v) is 8.43. The first-order valence-electron chi connectivity index (χ1n) is 11.3. The highest BCUT2D eigenvalue weighted by Gasteiger charge is 2.31. The van der Waals surface area contributed by atoms with Gasteiger partial charge < -0.3 is 19.9 Å². The number of ether oxygens (including phenoxy) is 1. The van der Waals surface area contributed by atoms with Crippen LogP contribution >= 0.6 is 0 Å². The second-order valence-electron chi connectivity index (χ2n) is 8.43. The molecular formula is C25H33N3O2. The van der Waals surface area contributed by atoms with E-state index in [-0.39, 0.29) is 11.9 Å². The summed E-state index contributed by atoms with van der Waals surface area (Å²) in [5.74, 6) is 1.07. The molecule has 2 aromatic rings. The Balaban J connectivity index is 1.27. The number of benzene rings is 2. The van der Waals surface area contributed by atoms with E-state index in [4.69, 9.17) is 4.74 Å². The fourth-order valence-corrected chi connectivity index (χ4v) is 4.57. The van der Waals surface area contributed by atoms with Crippen molar-refractivity contribution in [1.82, 2.24) is 4.90 Å². The van der Waals surface area contributed by atoms with Gasteiger partial charge in [0.2, 0.25) is 5.91 Å². The maximum absolute atomic E-state index is 12.5. The topological polar surface area (TPSA) is 44.8 Å². The molecule has 5 nitrogen and oxygen atoms in total. The van der Waals surface area contributed by atoms with Crippen molar-refractivity contribution in [3.8, 4) is 5.75 Å². The fourth-order valence-electron chi connectivity index (χ4n) is 4.57. The van der Waals surface area contributed by atoms with Crippen molar-refractivity contribution in [2.24, 2.45) is 0 Å². The number of likely N-dealkylation sites (tertiary alicyclic amines) is 1. The average Bonchev–Trinajstić information content (AvgIpc) is 3.36. The SMILES string of the molecule is CC1CCCN1CCCOc1ccc(N2C(=O)CC[C@H]2CNc2ccccc2)cc1. The first-order valence-corrected chi connectivity index (χ1v) is 11.3. The molecule has 2 aliphatic rings. The van der Waals surface area contributed by atoms with Gasteiger partial charge in [-0.1, -0.05) is 18.2 Å². The number of carbonyl (C=O) groups excluding carboxylic acids is 1. The molecule has 0 aromatic heterocycles. The van der Waals surface area contributed by atoms with Crippen LogP contribution in [-0.4, -0.2) is 49.1 Å². The van der Waals surface area contributed by atoms with Crippen LogP contribution in [0.25, 0.3) is 0 Å². The van der Waals surface area contributed by atoms with Crippen molar-refractivity contribution < 1.29 is 9.53 Å². The largest absolute Gasteiger partial charge is 0.494 e. The van der Waals surface area contributed by atoms with E-state index in [1.807, 2.05) is 47.4 Å². The van der Waals surface area contributed by atoms with Crippen molar-refractivity contribution in [3.63, 3.8) is 0 Å². The summed E-state index contributed by atoms with van der Waals surface area (Å²) in [5.41, 5.74) is 2.04. The van der Waals surface area contributed by atoms with Gasteiger partial charge in [-0.25, -0.2) is 0 Å². The predicted octanol–water partition coefficient (Wildman–Crippen LogP) is 4.55. The molecule has 0 saturated carbocycles. The van der Waals surface area contributed by atoms with E-state index < -0.39 is 0 Å². The number of para-hydroxylation sites is 1. The zero-order valence-corrected chi connectivity index (χ0v) is 17.9. The van der Waals surface area contributed by atoms with Gasteiger partial charge >= 0.3 is 0 Å². The molecule has 2 aromatic carbocycles. The smallest absolute Gasteiger partial charge is 0.227 e. The molecule has 1 N–H and O–H groups in total. The van der Waals surface area contributed by atoms with E-state index in [0.29, 0.717) is 12.5 Å². The lowest BCUT2D eigenvalue weighted by Crippen LogP contribution is -2.37. The normalized spacial score (nSPS) is 21.9. The van der Waals surface area contributed by atoms with Gasteiger partial charge in [-0.2, -0.15) is 0 Å². The Labute approximate surface area is 180 Å². The highest BCUT2D eigenvalue weighted by molar-refractivity contribution is 5.96. The highest BCUT2D eigenvalue weighted by Crippen LogP contribution is 2.28. The van der Waals surface area contributed by atoms with Gasteiger partial charge in [0.1, 0.15) is 5.75 Å². The van der Waals surface area contributed by atoms with Gasteiger partial charge in [0, 0.05) is 36.9 Å². The molecule has 1 amide bonds. The number of nitrogens with zero attached hydrogens (tertiary/aromatic N) is 2. The molecule has 0 aliphatic carbocycles. The summed E-state index contributed by atoms with van der Waals surface area (Å²) < 4.78 is 5.94. The summed E-state index contributed by atoms with van der Waals surface area (Å²) in [6.45, 7) is 6.13. The van der Waals surface area contributed by atoms with Crippen LogP contribution in [0.4, 0.5) is 11.4 Å². The monoisotopic (exact) mass is 407 g/mol. The first-order chi connectivity index (χ1) is 14.7. The molecule has 2 saturated heterocycles. The maximum Gasteiger partial charge on any atom is 0.227 e. The summed E-state index contributed by atoms with van der Waals surface area (Å²) >= 11 is 0. The third-order valence-corrected chi connectivity index (χ3v) is 6.30. The van der Waals surface area contributed by atoms with Gasteiger partial charge in [-0.3, -0.25) is 4.79 Å². The van der Waals surface area contributed by atoms with E-state index in [9.17, 15) is 4.79 Å². The van der Waals surface area contributed by atoms with Crippen LogP contribution in [0, 0.1) is 0 Å². The van der Waals surface area contributed by atoms with Crippen molar-refractivity contribution in [1.29, 1.82) is 0 Å². The number of amides is 1. The summed E-state index contributed by atoms with van der Waals surface area (Å²) in [6.07, 6.45) is 5.17. The Morgan fingerprint density at radius 2 is 1.87 bits per heavy atom. The van der Waals surface area contributed by atoms with Gasteiger partial charge in [-0.15, -0.1) is 0 Å². The Morgan fingerprint density at radius 1 is 1.07 bits per heavy atom. The van der Waals surface area contributed by atoms with Crippen molar-refractivity contribution >= 4 is 17.3 Å². The van der Waals surface area contributed by atoms with Crippen molar-refractivity contribution in [2.75, 3.05) is 36.5 Å². The third-order valence-electron chi connectivity index (χ3n) is 6.30. The molecule has 1 unspecified atom stereocenters. The standard InChI is InChI=1S/C25H33N3O2/c1-20-7-5-16-27(20)17-6-18-30-24-13-10-22(11-14-24)28-23(12-15-25(28)29)19-26-21-8-3-2-4-9-21/h2-4,8-11,13-14,20,23,26H,5-7,12,15-19H2,1H3/t20?,23-/m0/s1. The molecule has 160 valence electrons. The van der Waals surface area contributed by atoms with Gasteiger partial charge in [-0.05, 0) is 75.5 Å². The number of anilines is 2. The minimum Gasteiger partial charge on any atom is -0.494 e. The third kappa shape index (κ3) is 5.14. The lowest BCUT2D eigenvalue weighted by Gasteiger charge is -2.26. The first kappa shape index (κ1) is 20.7. The van der Waals surface area contributed by atoms with E-state index in [1.165, 1.54) is 19.4 Å². The molecule has 2 aliphatic heterocycles. The number of carbonyl (C=O) groups is 1. The maximum atomic E-state index is 12.5. The Kier molecular flexibility index (Phi) is 6.90. The van der Waals surface area contributed by atoms with E-state index >= 15 is 0 Å². The quantitative estimate of drug-likeness (QED) is 0.620. The summed E-state index contributed by atoms with van der Waals surface area (Å²) in [5, 5.41) is 3.46. The molecule has 5 heteroatoms. The Morgan fingerprint density at radius 3 is 2.60 bits per heavy atom. The van der Waals surface area contributed by atoms with Crippen LogP contribution in [0.5, 0.6) is 5.75 Å². The summed E-state index contributed by atoms with van der Waals surface area (Å²) in [4.78, 5) is 17.0. The van der Waals surface area contributed by atoms with Crippen LogP contribution in [0.1, 0.15) is 39.0 Å². The van der Waals surface area contributed by atoms with E-state index in [1.54, 1.807) is 0 Å². The van der Waals surface area contributed by atoms with E-state index in [0.717, 1.165) is 49.7 Å². The molecule has 30 heavy (non-hydrogen) atoms. The van der Waals surface area contributed by atoms with Crippen LogP contribution in [0.2, 0.25) is 0 Å². The van der Waals surface area contributed by atoms with Crippen LogP contribution in [0.15, 0.2) is 54.6 Å². The zero-order valence-electron chi connectivity index (χ0n) is 17.9. The van der Waals surface area contributed by atoms with Crippen LogP contribution in [-0.2, 0) is 4.79 Å². The Hall–Kier alpha value is -2.53. The summed E-state index contributed by atoms with van der Waals surface area (Å²) in [7, 11) is 0. The highest BCUT2D eigenvalue weighted by atomic mass is 16.5. The van der Waals surface area contributed by atoms with Crippen LogP contribution in [0.3, 0.4) is 0 Å². The second kappa shape index (κ2) is 9.98. The zero-order chi connectivity index (χ0) is 20.8. The van der Waals surface area contributed by atoms with E-state index in [2.05, 4.69) is 29.3 Å². The Bertz CT molecular complexity index is 809. The predicted molar refractivity (Wildman–Crippen MR) is 122 cm³/mol.